The highest BCUT2D eigenvalue weighted by Gasteiger charge is 2.13. The largest absolute Gasteiger partial charge is 0.469 e. The molecule has 0 fully saturated rings. The van der Waals surface area contributed by atoms with Gasteiger partial charge >= 0.3 is 5.97 Å². The zero-order chi connectivity index (χ0) is 17.7. The highest BCUT2D eigenvalue weighted by molar-refractivity contribution is 7.79. The molecule has 126 valence electrons. The Balaban J connectivity index is 2.30. The standard InChI is InChI=1S/C16H14ClNO5S/c1-22-16(19)6-10-4-12(17)8-14(5-10)23-15-3-2-13(18(20)21)7-11(15)9-24/h2-5,7-8,24H,6,9H2,1H3. The van der Waals surface area contributed by atoms with Crippen LogP contribution >= 0.6 is 24.2 Å². The maximum atomic E-state index is 11.4. The number of halogens is 1. The van der Waals surface area contributed by atoms with Crippen molar-refractivity contribution in [2.75, 3.05) is 7.11 Å². The fraction of sp³-hybridized carbons (Fsp3) is 0.188. The summed E-state index contributed by atoms with van der Waals surface area (Å²) in [6, 6.07) is 9.15. The van der Waals surface area contributed by atoms with Gasteiger partial charge in [0.05, 0.1) is 18.5 Å². The summed E-state index contributed by atoms with van der Waals surface area (Å²) in [5, 5.41) is 11.2. The summed E-state index contributed by atoms with van der Waals surface area (Å²) in [7, 11) is 1.31. The van der Waals surface area contributed by atoms with Gasteiger partial charge in [-0.3, -0.25) is 14.9 Å². The van der Waals surface area contributed by atoms with Crippen molar-refractivity contribution in [3.63, 3.8) is 0 Å². The first-order valence-corrected chi connectivity index (χ1v) is 7.86. The second-order valence-corrected chi connectivity index (χ2v) is 5.61. The Morgan fingerprint density at radius 1 is 1.29 bits per heavy atom. The van der Waals surface area contributed by atoms with Gasteiger partial charge in [0, 0.05) is 28.5 Å². The third kappa shape index (κ3) is 4.62. The van der Waals surface area contributed by atoms with Crippen molar-refractivity contribution in [1.29, 1.82) is 0 Å². The van der Waals surface area contributed by atoms with E-state index < -0.39 is 10.9 Å². The first kappa shape index (κ1) is 18.1. The number of hydrogen-bond acceptors (Lipinski definition) is 6. The van der Waals surface area contributed by atoms with Crippen LogP contribution < -0.4 is 4.74 Å². The number of benzene rings is 2. The summed E-state index contributed by atoms with van der Waals surface area (Å²) in [5.41, 5.74) is 1.17. The molecular weight excluding hydrogens is 354 g/mol. The topological polar surface area (TPSA) is 78.7 Å². The summed E-state index contributed by atoms with van der Waals surface area (Å²) >= 11 is 10.2. The van der Waals surface area contributed by atoms with E-state index in [9.17, 15) is 14.9 Å². The Kier molecular flexibility index (Phi) is 6.05. The highest BCUT2D eigenvalue weighted by Crippen LogP contribution is 2.31. The number of carbonyl (C=O) groups excluding carboxylic acids is 1. The molecule has 24 heavy (non-hydrogen) atoms. The molecule has 0 aliphatic carbocycles. The fourth-order valence-corrected chi connectivity index (χ4v) is 2.54. The summed E-state index contributed by atoms with van der Waals surface area (Å²) < 4.78 is 10.4. The van der Waals surface area contributed by atoms with Crippen LogP contribution in [0.3, 0.4) is 0 Å². The number of nitro groups is 1. The average molecular weight is 368 g/mol. The van der Waals surface area contributed by atoms with E-state index in [1.54, 1.807) is 18.2 Å². The van der Waals surface area contributed by atoms with E-state index in [0.717, 1.165) is 0 Å². The average Bonchev–Trinajstić information content (AvgIpc) is 2.54. The number of esters is 1. The third-order valence-corrected chi connectivity index (χ3v) is 3.72. The van der Waals surface area contributed by atoms with E-state index in [1.165, 1.54) is 25.3 Å². The second-order valence-electron chi connectivity index (χ2n) is 4.86. The highest BCUT2D eigenvalue weighted by atomic mass is 35.5. The van der Waals surface area contributed by atoms with Crippen molar-refractivity contribution in [1.82, 2.24) is 0 Å². The van der Waals surface area contributed by atoms with Gasteiger partial charge < -0.3 is 9.47 Å². The summed E-state index contributed by atoms with van der Waals surface area (Å²) in [6.45, 7) is 0. The summed E-state index contributed by atoms with van der Waals surface area (Å²) in [6.07, 6.45) is 0.0626. The molecule has 0 saturated heterocycles. The van der Waals surface area contributed by atoms with Gasteiger partial charge in [0.25, 0.3) is 5.69 Å². The van der Waals surface area contributed by atoms with Crippen molar-refractivity contribution < 1.29 is 19.2 Å². The predicted octanol–water partition coefficient (Wildman–Crippen LogP) is 4.19. The molecular formula is C16H14ClNO5S. The number of carbonyl (C=O) groups is 1. The maximum Gasteiger partial charge on any atom is 0.309 e. The van der Waals surface area contributed by atoms with E-state index in [4.69, 9.17) is 16.3 Å². The number of ether oxygens (including phenoxy) is 2. The number of thiol groups is 1. The lowest BCUT2D eigenvalue weighted by Gasteiger charge is -2.11. The van der Waals surface area contributed by atoms with Crippen LogP contribution in [0, 0.1) is 10.1 Å². The summed E-state index contributed by atoms with van der Waals surface area (Å²) in [4.78, 5) is 21.7. The first-order chi connectivity index (χ1) is 11.4. The fourth-order valence-electron chi connectivity index (χ4n) is 2.05. The Bertz CT molecular complexity index is 781. The predicted molar refractivity (Wildman–Crippen MR) is 93.0 cm³/mol. The van der Waals surface area contributed by atoms with E-state index in [0.29, 0.717) is 27.6 Å². The quantitative estimate of drug-likeness (QED) is 0.358. The van der Waals surface area contributed by atoms with Crippen LogP contribution in [0.1, 0.15) is 11.1 Å². The molecule has 0 radical (unpaired) electrons. The molecule has 6 nitrogen and oxygen atoms in total. The Labute approximate surface area is 148 Å². The number of nitrogens with zero attached hydrogens (tertiary/aromatic N) is 1. The molecule has 0 unspecified atom stereocenters. The molecule has 0 aliphatic heterocycles. The Hall–Kier alpha value is -2.25. The van der Waals surface area contributed by atoms with Crippen molar-refractivity contribution in [2.45, 2.75) is 12.2 Å². The molecule has 0 spiro atoms. The second kappa shape index (κ2) is 8.03. The van der Waals surface area contributed by atoms with Gasteiger partial charge in [0.2, 0.25) is 0 Å². The zero-order valence-corrected chi connectivity index (χ0v) is 14.3. The van der Waals surface area contributed by atoms with Gasteiger partial charge in [-0.15, -0.1) is 0 Å². The lowest BCUT2D eigenvalue weighted by Crippen LogP contribution is -2.04. The molecule has 0 bridgehead atoms. The number of hydrogen-bond donors (Lipinski definition) is 1. The van der Waals surface area contributed by atoms with Crippen molar-refractivity contribution in [3.8, 4) is 11.5 Å². The van der Waals surface area contributed by atoms with E-state index in [-0.39, 0.29) is 17.9 Å². The molecule has 2 aromatic carbocycles. The van der Waals surface area contributed by atoms with Gasteiger partial charge in [0.1, 0.15) is 11.5 Å². The number of rotatable bonds is 6. The van der Waals surface area contributed by atoms with Crippen LogP contribution in [0.25, 0.3) is 0 Å². The maximum absolute atomic E-state index is 11.4. The lowest BCUT2D eigenvalue weighted by molar-refractivity contribution is -0.384. The van der Waals surface area contributed by atoms with E-state index in [1.807, 2.05) is 0 Å². The van der Waals surface area contributed by atoms with Gasteiger partial charge in [-0.05, 0) is 29.8 Å². The Morgan fingerprint density at radius 2 is 2.04 bits per heavy atom. The van der Waals surface area contributed by atoms with Crippen LogP contribution in [-0.2, 0) is 21.7 Å². The minimum Gasteiger partial charge on any atom is -0.469 e. The smallest absolute Gasteiger partial charge is 0.309 e. The van der Waals surface area contributed by atoms with Crippen LogP contribution in [0.2, 0.25) is 5.02 Å². The minimum atomic E-state index is -0.482. The molecule has 0 saturated carbocycles. The van der Waals surface area contributed by atoms with Gasteiger partial charge in [-0.2, -0.15) is 12.6 Å². The minimum absolute atomic E-state index is 0.0381. The van der Waals surface area contributed by atoms with Crippen molar-refractivity contribution >= 4 is 35.9 Å². The molecule has 0 amide bonds. The number of nitro benzene ring substituents is 1. The lowest BCUT2D eigenvalue weighted by atomic mass is 10.1. The monoisotopic (exact) mass is 367 g/mol. The van der Waals surface area contributed by atoms with E-state index in [2.05, 4.69) is 17.4 Å². The van der Waals surface area contributed by atoms with Crippen LogP contribution in [0.4, 0.5) is 5.69 Å². The molecule has 0 aliphatic rings. The van der Waals surface area contributed by atoms with Gasteiger partial charge in [0.15, 0.2) is 0 Å². The number of methoxy groups -OCH3 is 1. The molecule has 8 heteroatoms. The van der Waals surface area contributed by atoms with Crippen LogP contribution in [-0.4, -0.2) is 18.0 Å². The van der Waals surface area contributed by atoms with Crippen molar-refractivity contribution in [3.05, 3.63) is 62.7 Å². The number of non-ortho nitro benzene ring substituents is 1. The normalized spacial score (nSPS) is 10.3. The molecule has 0 aromatic heterocycles. The first-order valence-electron chi connectivity index (χ1n) is 6.85. The molecule has 0 heterocycles. The SMILES string of the molecule is COC(=O)Cc1cc(Cl)cc(Oc2ccc([N+](=O)[O-])cc2CS)c1. The zero-order valence-electron chi connectivity index (χ0n) is 12.7. The summed E-state index contributed by atoms with van der Waals surface area (Å²) in [5.74, 6) is 0.724. The third-order valence-electron chi connectivity index (χ3n) is 3.16. The van der Waals surface area contributed by atoms with E-state index >= 15 is 0 Å². The van der Waals surface area contributed by atoms with Gasteiger partial charge in [-0.1, -0.05) is 11.6 Å². The molecule has 0 atom stereocenters. The van der Waals surface area contributed by atoms with Gasteiger partial charge in [-0.25, -0.2) is 0 Å². The Morgan fingerprint density at radius 3 is 2.67 bits per heavy atom. The molecule has 2 aromatic rings. The van der Waals surface area contributed by atoms with Crippen molar-refractivity contribution in [2.24, 2.45) is 0 Å². The van der Waals surface area contributed by atoms with Crippen LogP contribution in [0.15, 0.2) is 36.4 Å². The van der Waals surface area contributed by atoms with Crippen LogP contribution in [0.5, 0.6) is 11.5 Å². The molecule has 0 N–H and O–H groups in total. The molecule has 2 rings (SSSR count).